The first-order valence-corrected chi connectivity index (χ1v) is 8.02. The summed E-state index contributed by atoms with van der Waals surface area (Å²) in [7, 11) is 3.94. The van der Waals surface area contributed by atoms with Gasteiger partial charge in [-0.05, 0) is 30.2 Å². The van der Waals surface area contributed by atoms with Crippen LogP contribution in [0.2, 0.25) is 0 Å². The van der Waals surface area contributed by atoms with Gasteiger partial charge < -0.3 is 9.47 Å². The van der Waals surface area contributed by atoms with Crippen molar-refractivity contribution in [3.63, 3.8) is 0 Å². The van der Waals surface area contributed by atoms with Gasteiger partial charge in [-0.25, -0.2) is 4.39 Å². The van der Waals surface area contributed by atoms with E-state index in [0.717, 1.165) is 29.8 Å². The minimum atomic E-state index is -0.229. The van der Waals surface area contributed by atoms with Gasteiger partial charge in [0.05, 0.1) is 0 Å². The van der Waals surface area contributed by atoms with Gasteiger partial charge in [-0.3, -0.25) is 0 Å². The van der Waals surface area contributed by atoms with Crippen molar-refractivity contribution in [1.82, 2.24) is 14.8 Å². The van der Waals surface area contributed by atoms with Crippen LogP contribution >= 0.6 is 12.4 Å². The Labute approximate surface area is 143 Å². The van der Waals surface area contributed by atoms with Gasteiger partial charge >= 0.3 is 0 Å². The van der Waals surface area contributed by atoms with Crippen LogP contribution in [0.3, 0.4) is 0 Å². The lowest BCUT2D eigenvalue weighted by Gasteiger charge is -2.21. The molecule has 23 heavy (non-hydrogen) atoms. The topological polar surface area (TPSA) is 34.0 Å². The molecule has 1 aromatic heterocycles. The summed E-state index contributed by atoms with van der Waals surface area (Å²) in [6.45, 7) is 0. The average molecular weight is 339 g/mol. The van der Waals surface area contributed by atoms with E-state index < -0.39 is 0 Å². The number of aromatic nitrogens is 3. The zero-order valence-corrected chi connectivity index (χ0v) is 14.5. The Morgan fingerprint density at radius 3 is 2.43 bits per heavy atom. The summed E-state index contributed by atoms with van der Waals surface area (Å²) in [4.78, 5) is 1.94. The zero-order valence-electron chi connectivity index (χ0n) is 13.7. The van der Waals surface area contributed by atoms with E-state index in [2.05, 4.69) is 14.8 Å². The average Bonchev–Trinajstić information content (AvgIpc) is 2.89. The molecule has 126 valence electrons. The Kier molecular flexibility index (Phi) is 5.99. The fourth-order valence-electron chi connectivity index (χ4n) is 3.25. The molecule has 0 saturated heterocycles. The molecule has 0 unspecified atom stereocenters. The molecular weight excluding hydrogens is 315 g/mol. The van der Waals surface area contributed by atoms with Crippen molar-refractivity contribution < 1.29 is 4.39 Å². The number of hydrogen-bond donors (Lipinski definition) is 0. The van der Waals surface area contributed by atoms with Crippen molar-refractivity contribution in [2.45, 2.75) is 38.5 Å². The maximum absolute atomic E-state index is 13.0. The largest absolute Gasteiger partial charge is 0.314 e. The van der Waals surface area contributed by atoms with E-state index in [9.17, 15) is 4.39 Å². The number of nitrogens with zero attached hydrogens (tertiary/aromatic N) is 4. The molecule has 6 heteroatoms. The molecule has 0 bridgehead atoms. The van der Waals surface area contributed by atoms with Crippen LogP contribution in [-0.2, 0) is 13.5 Å². The van der Waals surface area contributed by atoms with Crippen molar-refractivity contribution in [2.75, 3.05) is 11.9 Å². The Morgan fingerprint density at radius 2 is 1.78 bits per heavy atom. The number of benzene rings is 1. The molecule has 1 heterocycles. The van der Waals surface area contributed by atoms with Gasteiger partial charge in [-0.1, -0.05) is 32.1 Å². The van der Waals surface area contributed by atoms with Crippen molar-refractivity contribution >= 4 is 24.0 Å². The number of halogens is 2. The molecule has 1 aliphatic rings. The van der Waals surface area contributed by atoms with Crippen molar-refractivity contribution in [2.24, 2.45) is 13.0 Å². The Bertz CT molecular complexity index is 620. The first-order valence-electron chi connectivity index (χ1n) is 8.02. The Morgan fingerprint density at radius 1 is 1.13 bits per heavy atom. The molecule has 0 aliphatic heterocycles. The van der Waals surface area contributed by atoms with Crippen LogP contribution in [0, 0.1) is 11.7 Å². The van der Waals surface area contributed by atoms with Gasteiger partial charge in [-0.2, -0.15) is 0 Å². The van der Waals surface area contributed by atoms with E-state index in [1.165, 1.54) is 44.2 Å². The highest BCUT2D eigenvalue weighted by Crippen LogP contribution is 2.28. The fourth-order valence-corrected chi connectivity index (χ4v) is 3.25. The molecule has 4 nitrogen and oxygen atoms in total. The fraction of sp³-hybridized carbons (Fsp3) is 0.529. The lowest BCUT2D eigenvalue weighted by Crippen LogP contribution is -2.16. The third-order valence-electron chi connectivity index (χ3n) is 4.65. The molecule has 1 aromatic carbocycles. The molecule has 3 rings (SSSR count). The zero-order chi connectivity index (χ0) is 15.5. The standard InChI is InChI=1S/C17H23FN4.ClH/c1-21(15-10-8-14(18)9-11-15)17-20-19-16(22(17)2)12-13-6-4-3-5-7-13;/h8-11,13H,3-7,12H2,1-2H3;1H. The van der Waals surface area contributed by atoms with E-state index in [1.54, 1.807) is 12.1 Å². The van der Waals surface area contributed by atoms with Crippen molar-refractivity contribution in [1.29, 1.82) is 0 Å². The molecule has 2 aromatic rings. The molecule has 1 aliphatic carbocycles. The smallest absolute Gasteiger partial charge is 0.231 e. The maximum Gasteiger partial charge on any atom is 0.231 e. The summed E-state index contributed by atoms with van der Waals surface area (Å²) in [5.74, 6) is 2.34. The Balaban J connectivity index is 0.00000192. The second-order valence-corrected chi connectivity index (χ2v) is 6.22. The molecule has 0 spiro atoms. The third kappa shape index (κ3) is 4.02. The highest BCUT2D eigenvalue weighted by atomic mass is 35.5. The van der Waals surface area contributed by atoms with Crippen LogP contribution in [0.1, 0.15) is 37.9 Å². The SMILES string of the molecule is CN(c1ccc(F)cc1)c1nnc(CC2CCCCC2)n1C.Cl. The van der Waals surface area contributed by atoms with Gasteiger partial charge in [0.25, 0.3) is 0 Å². The predicted molar refractivity (Wildman–Crippen MR) is 93.0 cm³/mol. The van der Waals surface area contributed by atoms with E-state index in [-0.39, 0.29) is 18.2 Å². The molecule has 0 atom stereocenters. The molecule has 0 amide bonds. The summed E-state index contributed by atoms with van der Waals surface area (Å²) in [6, 6.07) is 6.44. The van der Waals surface area contributed by atoms with Gasteiger partial charge in [0, 0.05) is 26.2 Å². The van der Waals surface area contributed by atoms with Crippen LogP contribution in [0.4, 0.5) is 16.0 Å². The predicted octanol–water partition coefficient (Wildman–Crippen LogP) is 4.27. The lowest BCUT2D eigenvalue weighted by atomic mass is 9.87. The van der Waals surface area contributed by atoms with Crippen LogP contribution in [0.15, 0.2) is 24.3 Å². The first kappa shape index (κ1) is 17.7. The van der Waals surface area contributed by atoms with Gasteiger partial charge in [0.2, 0.25) is 5.95 Å². The number of anilines is 2. The second-order valence-electron chi connectivity index (χ2n) is 6.22. The van der Waals surface area contributed by atoms with Crippen LogP contribution in [0.5, 0.6) is 0 Å². The van der Waals surface area contributed by atoms with Gasteiger partial charge in [0.1, 0.15) is 11.6 Å². The molecule has 1 saturated carbocycles. The van der Waals surface area contributed by atoms with Crippen molar-refractivity contribution in [3.8, 4) is 0 Å². The van der Waals surface area contributed by atoms with Gasteiger partial charge in [0.15, 0.2) is 0 Å². The summed E-state index contributed by atoms with van der Waals surface area (Å²) in [5, 5.41) is 8.70. The maximum atomic E-state index is 13.0. The summed E-state index contributed by atoms with van der Waals surface area (Å²) < 4.78 is 15.1. The van der Waals surface area contributed by atoms with Crippen LogP contribution in [-0.4, -0.2) is 21.8 Å². The van der Waals surface area contributed by atoms with E-state index >= 15 is 0 Å². The molecule has 1 fully saturated rings. The Hall–Kier alpha value is -1.62. The molecular formula is C17H24ClFN4. The first-order chi connectivity index (χ1) is 10.6. The highest BCUT2D eigenvalue weighted by molar-refractivity contribution is 5.85. The molecule has 0 radical (unpaired) electrons. The minimum Gasteiger partial charge on any atom is -0.314 e. The summed E-state index contributed by atoms with van der Waals surface area (Å²) >= 11 is 0. The second kappa shape index (κ2) is 7.77. The lowest BCUT2D eigenvalue weighted by molar-refractivity contribution is 0.349. The van der Waals surface area contributed by atoms with Crippen LogP contribution in [0.25, 0.3) is 0 Å². The van der Waals surface area contributed by atoms with E-state index in [4.69, 9.17) is 0 Å². The van der Waals surface area contributed by atoms with Gasteiger partial charge in [-0.15, -0.1) is 22.6 Å². The quantitative estimate of drug-likeness (QED) is 0.835. The molecule has 0 N–H and O–H groups in total. The minimum absolute atomic E-state index is 0. The highest BCUT2D eigenvalue weighted by Gasteiger charge is 2.19. The summed E-state index contributed by atoms with van der Waals surface area (Å²) in [6.07, 6.45) is 7.65. The van der Waals surface area contributed by atoms with Crippen molar-refractivity contribution in [3.05, 3.63) is 35.9 Å². The monoisotopic (exact) mass is 338 g/mol. The third-order valence-corrected chi connectivity index (χ3v) is 4.65. The number of rotatable bonds is 4. The summed E-state index contributed by atoms with van der Waals surface area (Å²) in [5.41, 5.74) is 0.904. The van der Waals surface area contributed by atoms with E-state index in [0.29, 0.717) is 0 Å². The van der Waals surface area contributed by atoms with Crippen LogP contribution < -0.4 is 4.90 Å². The normalized spacial score (nSPS) is 15.3. The van der Waals surface area contributed by atoms with E-state index in [1.807, 2.05) is 19.0 Å². The number of hydrogen-bond acceptors (Lipinski definition) is 3.